The summed E-state index contributed by atoms with van der Waals surface area (Å²) in [7, 11) is 1.38. The van der Waals surface area contributed by atoms with Crippen molar-refractivity contribution in [3.63, 3.8) is 0 Å². The Morgan fingerprint density at radius 2 is 2.19 bits per heavy atom. The van der Waals surface area contributed by atoms with E-state index in [0.29, 0.717) is 16.6 Å². The zero-order valence-corrected chi connectivity index (χ0v) is 20.1. The van der Waals surface area contributed by atoms with Crippen LogP contribution in [0.1, 0.15) is 19.4 Å². The van der Waals surface area contributed by atoms with E-state index in [9.17, 15) is 13.6 Å². The number of piperidine rings is 1. The number of hydrogen-bond acceptors (Lipinski definition) is 8. The third-order valence-electron chi connectivity index (χ3n) is 6.49. The summed E-state index contributed by atoms with van der Waals surface area (Å²) < 4.78 is 51.5. The number of carbonyl (C=O) groups is 1. The van der Waals surface area contributed by atoms with Gasteiger partial charge in [0.25, 0.3) is 0 Å². The Kier molecular flexibility index (Phi) is 6.58. The highest BCUT2D eigenvalue weighted by molar-refractivity contribution is 5.89. The van der Waals surface area contributed by atoms with E-state index in [-0.39, 0.29) is 42.4 Å². The number of amides is 1. The molecule has 1 fully saturated rings. The predicted octanol–water partition coefficient (Wildman–Crippen LogP) is 2.16. The van der Waals surface area contributed by atoms with Gasteiger partial charge in [-0.3, -0.25) is 4.79 Å². The third-order valence-corrected chi connectivity index (χ3v) is 6.49. The number of alkyl halides is 2. The zero-order chi connectivity index (χ0) is 26.3. The topological polar surface area (TPSA) is 123 Å². The number of fused-ring (bicyclic) bond motifs is 2. The number of nitrogens with one attached hydrogen (secondary N) is 1. The van der Waals surface area contributed by atoms with E-state index >= 15 is 4.39 Å². The van der Waals surface area contributed by atoms with Gasteiger partial charge < -0.3 is 20.1 Å². The lowest BCUT2D eigenvalue weighted by Crippen LogP contribution is -2.50. The maximum absolute atomic E-state index is 15.3. The minimum absolute atomic E-state index is 0.0231. The number of nitrogens with zero attached hydrogens (tertiary/aromatic N) is 7. The molecule has 0 spiro atoms. The molecule has 3 atom stereocenters. The minimum atomic E-state index is -1.43. The molecule has 0 saturated carbocycles. The molecule has 1 aromatic carbocycles. The molecule has 3 aromatic heterocycles. The van der Waals surface area contributed by atoms with Gasteiger partial charge in [0, 0.05) is 6.54 Å². The number of aliphatic hydroxyl groups is 1. The maximum Gasteiger partial charge on any atom is 0.248 e. The van der Waals surface area contributed by atoms with Crippen molar-refractivity contribution in [2.45, 2.75) is 31.6 Å². The number of hydrogen-bond donors (Lipinski definition) is 2. The van der Waals surface area contributed by atoms with Crippen LogP contribution in [0, 0.1) is 5.82 Å². The largest absolute Gasteiger partial charge is 0.479 e. The molecule has 1 amide bonds. The van der Waals surface area contributed by atoms with Gasteiger partial charge >= 0.3 is 0 Å². The van der Waals surface area contributed by atoms with Crippen molar-refractivity contribution in [1.82, 2.24) is 34.5 Å². The highest BCUT2D eigenvalue weighted by Crippen LogP contribution is 2.35. The average molecular weight is 519 g/mol. The van der Waals surface area contributed by atoms with Gasteiger partial charge in [0.15, 0.2) is 5.82 Å². The van der Waals surface area contributed by atoms with E-state index in [1.807, 2.05) is 0 Å². The molecule has 14 heteroatoms. The second-order valence-corrected chi connectivity index (χ2v) is 8.88. The molecular formula is C23H25F3N8O3. The number of ether oxygens (including phenoxy) is 1. The Morgan fingerprint density at radius 3 is 2.89 bits per heavy atom. The van der Waals surface area contributed by atoms with Gasteiger partial charge in [-0.2, -0.15) is 4.98 Å². The van der Waals surface area contributed by atoms with Crippen molar-refractivity contribution in [1.29, 1.82) is 0 Å². The van der Waals surface area contributed by atoms with E-state index in [0.717, 1.165) is 0 Å². The van der Waals surface area contributed by atoms with Crippen LogP contribution in [0.2, 0.25) is 0 Å². The van der Waals surface area contributed by atoms with Crippen molar-refractivity contribution in [2.24, 2.45) is 0 Å². The van der Waals surface area contributed by atoms with E-state index in [1.165, 1.54) is 27.4 Å². The first-order valence-corrected chi connectivity index (χ1v) is 11.7. The van der Waals surface area contributed by atoms with Crippen LogP contribution >= 0.6 is 0 Å². The fourth-order valence-corrected chi connectivity index (χ4v) is 4.54. The van der Waals surface area contributed by atoms with Crippen molar-refractivity contribution < 1.29 is 27.8 Å². The molecule has 196 valence electrons. The fourth-order valence-electron chi connectivity index (χ4n) is 4.54. The Hall–Kier alpha value is -3.94. The van der Waals surface area contributed by atoms with Gasteiger partial charge in [-0.05, 0) is 31.0 Å². The first-order valence-electron chi connectivity index (χ1n) is 11.7. The van der Waals surface area contributed by atoms with E-state index in [2.05, 4.69) is 25.7 Å². The lowest BCUT2D eigenvalue weighted by Gasteiger charge is -2.34. The number of halogens is 3. The van der Waals surface area contributed by atoms with Crippen LogP contribution in [-0.4, -0.2) is 91.2 Å². The molecule has 0 aliphatic carbocycles. The van der Waals surface area contributed by atoms with Crippen LogP contribution in [0.3, 0.4) is 0 Å². The molecule has 5 rings (SSSR count). The van der Waals surface area contributed by atoms with E-state index in [4.69, 9.17) is 9.84 Å². The van der Waals surface area contributed by atoms with E-state index in [1.54, 1.807) is 25.1 Å². The molecule has 1 aliphatic heterocycles. The van der Waals surface area contributed by atoms with Gasteiger partial charge in [-0.25, -0.2) is 22.4 Å². The number of aromatic nitrogens is 6. The summed E-state index contributed by atoms with van der Waals surface area (Å²) in [5.74, 6) is -1.05. The Bertz CT molecular complexity index is 1460. The summed E-state index contributed by atoms with van der Waals surface area (Å²) in [6, 6.07) is 3.76. The molecule has 4 aromatic rings. The van der Waals surface area contributed by atoms with Crippen molar-refractivity contribution in [2.75, 3.05) is 38.8 Å². The summed E-state index contributed by atoms with van der Waals surface area (Å²) in [6.45, 7) is 0.433. The molecular weight excluding hydrogens is 493 g/mol. The standard InChI is InChI=1S/C23H25F3N8O3/c1-12(8-24)34-18-7-13(3-4-17(18)29-31-34)20-15(26)10-33-21(20)22(37-2)28-23(30-33)27-16-5-6-32(9-14(16)25)19(36)11-35/h3-4,7,10,12,14,16,35H,5-6,8-9,11H2,1-2H3,(H,27,30)/t12-,14+,16-/m0/s1. The molecule has 1 saturated heterocycles. The Labute approximate surface area is 208 Å². The van der Waals surface area contributed by atoms with Crippen LogP contribution in [0.25, 0.3) is 27.7 Å². The normalized spacial score (nSPS) is 18.9. The highest BCUT2D eigenvalue weighted by atomic mass is 19.1. The fraction of sp³-hybridized carbons (Fsp3) is 0.435. The molecule has 37 heavy (non-hydrogen) atoms. The summed E-state index contributed by atoms with van der Waals surface area (Å²) in [4.78, 5) is 17.3. The van der Waals surface area contributed by atoms with Crippen LogP contribution < -0.4 is 10.1 Å². The zero-order valence-electron chi connectivity index (χ0n) is 20.1. The highest BCUT2D eigenvalue weighted by Gasteiger charge is 2.32. The number of aliphatic hydroxyl groups excluding tert-OH is 1. The van der Waals surface area contributed by atoms with Gasteiger partial charge in [-0.15, -0.1) is 10.2 Å². The Balaban J connectivity index is 1.49. The van der Waals surface area contributed by atoms with Crippen molar-refractivity contribution in [3.05, 3.63) is 30.2 Å². The summed E-state index contributed by atoms with van der Waals surface area (Å²) in [5.41, 5.74) is 1.97. The molecule has 0 unspecified atom stereocenters. The van der Waals surface area contributed by atoms with Crippen LogP contribution in [0.15, 0.2) is 24.4 Å². The quantitative estimate of drug-likeness (QED) is 0.382. The monoisotopic (exact) mass is 518 g/mol. The average Bonchev–Trinajstić information content (AvgIpc) is 3.48. The predicted molar refractivity (Wildman–Crippen MR) is 127 cm³/mol. The van der Waals surface area contributed by atoms with Gasteiger partial charge in [-0.1, -0.05) is 11.3 Å². The second kappa shape index (κ2) is 9.84. The molecule has 2 N–H and O–H groups in total. The minimum Gasteiger partial charge on any atom is -0.479 e. The first-order chi connectivity index (χ1) is 17.8. The summed E-state index contributed by atoms with van der Waals surface area (Å²) in [5, 5.41) is 24.3. The van der Waals surface area contributed by atoms with Gasteiger partial charge in [0.1, 0.15) is 30.5 Å². The van der Waals surface area contributed by atoms with Crippen LogP contribution in [-0.2, 0) is 4.79 Å². The van der Waals surface area contributed by atoms with Gasteiger partial charge in [0.2, 0.25) is 17.7 Å². The van der Waals surface area contributed by atoms with E-state index < -0.39 is 43.3 Å². The number of methoxy groups -OCH3 is 1. The lowest BCUT2D eigenvalue weighted by atomic mass is 10.0. The number of rotatable bonds is 7. The first kappa shape index (κ1) is 24.7. The summed E-state index contributed by atoms with van der Waals surface area (Å²) in [6.07, 6.45) is 0.00352. The molecule has 1 aliphatic rings. The van der Waals surface area contributed by atoms with Crippen LogP contribution in [0.4, 0.5) is 19.1 Å². The Morgan fingerprint density at radius 1 is 1.38 bits per heavy atom. The third kappa shape index (κ3) is 4.41. The van der Waals surface area contributed by atoms with Crippen LogP contribution in [0.5, 0.6) is 5.88 Å². The number of anilines is 1. The SMILES string of the molecule is COc1nc(N[C@H]2CCN(C(=O)CO)C[C@H]2F)nn2cc(F)c(-c3ccc4nnn([C@@H](C)CF)c4c3)c12. The van der Waals surface area contributed by atoms with Crippen molar-refractivity contribution in [3.8, 4) is 17.0 Å². The second-order valence-electron chi connectivity index (χ2n) is 8.88. The van der Waals surface area contributed by atoms with Crippen molar-refractivity contribution >= 4 is 28.4 Å². The molecule has 0 bridgehead atoms. The smallest absolute Gasteiger partial charge is 0.248 e. The number of benzene rings is 1. The summed E-state index contributed by atoms with van der Waals surface area (Å²) >= 11 is 0. The molecule has 11 nitrogen and oxygen atoms in total. The number of likely N-dealkylation sites (tertiary alicyclic amines) is 1. The molecule has 4 heterocycles. The lowest BCUT2D eigenvalue weighted by molar-refractivity contribution is -0.136. The maximum atomic E-state index is 15.3. The molecule has 0 radical (unpaired) electrons. The number of carbonyl (C=O) groups excluding carboxylic acids is 1. The van der Waals surface area contributed by atoms with Gasteiger partial charge in [0.05, 0.1) is 43.0 Å².